The van der Waals surface area contributed by atoms with E-state index >= 15 is 0 Å². The molecule has 0 aliphatic rings. The number of carbonyl (C=O) groups excluding carboxylic acids is 1. The molecule has 0 fully saturated rings. The van der Waals surface area contributed by atoms with Crippen molar-refractivity contribution in [2.45, 2.75) is 6.61 Å². The van der Waals surface area contributed by atoms with Crippen molar-refractivity contribution in [3.05, 3.63) is 107 Å². The molecule has 0 heterocycles. The highest BCUT2D eigenvalue weighted by molar-refractivity contribution is 9.10. The summed E-state index contributed by atoms with van der Waals surface area (Å²) in [4.78, 5) is 12.1. The fourth-order valence-corrected chi connectivity index (χ4v) is 3.44. The molecule has 160 valence electrons. The van der Waals surface area contributed by atoms with E-state index in [0.29, 0.717) is 6.61 Å². The van der Waals surface area contributed by atoms with Crippen LogP contribution >= 0.6 is 15.9 Å². The monoisotopic (exact) mass is 487 g/mol. The van der Waals surface area contributed by atoms with Gasteiger partial charge in [-0.2, -0.15) is 5.10 Å². The van der Waals surface area contributed by atoms with Crippen LogP contribution in [0.4, 0.5) is 5.69 Å². The molecule has 0 unspecified atom stereocenters. The fraction of sp³-hybridized carbons (Fsp3) is 0.0769. The summed E-state index contributed by atoms with van der Waals surface area (Å²) in [5, 5.41) is 9.41. The van der Waals surface area contributed by atoms with Gasteiger partial charge in [0.1, 0.15) is 12.4 Å². The number of halogens is 1. The minimum absolute atomic E-state index is 0.133. The molecule has 6 heteroatoms. The van der Waals surface area contributed by atoms with Crippen molar-refractivity contribution < 1.29 is 9.53 Å². The highest BCUT2D eigenvalue weighted by Gasteiger charge is 2.03. The van der Waals surface area contributed by atoms with Crippen molar-refractivity contribution >= 4 is 44.5 Å². The normalized spacial score (nSPS) is 10.9. The zero-order valence-corrected chi connectivity index (χ0v) is 18.9. The zero-order valence-electron chi connectivity index (χ0n) is 17.3. The predicted molar refractivity (Wildman–Crippen MR) is 133 cm³/mol. The summed E-state index contributed by atoms with van der Waals surface area (Å²) in [6.07, 6.45) is 1.61. The van der Waals surface area contributed by atoms with Crippen LogP contribution in [0.25, 0.3) is 10.8 Å². The Morgan fingerprint density at radius 2 is 1.66 bits per heavy atom. The topological polar surface area (TPSA) is 62.7 Å². The van der Waals surface area contributed by atoms with Gasteiger partial charge in [0.15, 0.2) is 0 Å². The highest BCUT2D eigenvalue weighted by Crippen LogP contribution is 2.22. The Balaban J connectivity index is 1.24. The van der Waals surface area contributed by atoms with Crippen LogP contribution in [-0.4, -0.2) is 18.7 Å². The van der Waals surface area contributed by atoms with Gasteiger partial charge in [-0.3, -0.25) is 4.79 Å². The van der Waals surface area contributed by atoms with E-state index < -0.39 is 0 Å². The molecule has 0 aromatic heterocycles. The molecule has 0 atom stereocenters. The van der Waals surface area contributed by atoms with E-state index in [-0.39, 0.29) is 12.5 Å². The summed E-state index contributed by atoms with van der Waals surface area (Å²) in [7, 11) is 0. The molecule has 2 N–H and O–H groups in total. The SMILES string of the molecule is O=C(CNc1cccc2ccccc12)N/N=C\c1ccc(OCc2ccc(Br)cc2)cc1. The molecule has 0 bridgehead atoms. The lowest BCUT2D eigenvalue weighted by atomic mass is 10.1. The molecule has 0 spiro atoms. The number of ether oxygens (including phenoxy) is 1. The van der Waals surface area contributed by atoms with Crippen LogP contribution in [0.15, 0.2) is 101 Å². The van der Waals surface area contributed by atoms with Crippen LogP contribution in [0.3, 0.4) is 0 Å². The standard InChI is InChI=1S/C26H22BrN3O2/c27-22-12-8-20(9-13-22)18-32-23-14-10-19(11-15-23)16-29-30-26(31)17-28-25-7-3-5-21-4-1-2-6-24(21)25/h1-16,28H,17-18H2,(H,30,31)/b29-16-. The maximum Gasteiger partial charge on any atom is 0.259 e. The average molecular weight is 488 g/mol. The lowest BCUT2D eigenvalue weighted by Gasteiger charge is -2.09. The number of nitrogens with zero attached hydrogens (tertiary/aromatic N) is 1. The summed E-state index contributed by atoms with van der Waals surface area (Å²) in [5.41, 5.74) is 5.43. The number of hydrogen-bond acceptors (Lipinski definition) is 4. The Kier molecular flexibility index (Phi) is 7.15. The van der Waals surface area contributed by atoms with E-state index in [1.165, 1.54) is 0 Å². The first-order valence-electron chi connectivity index (χ1n) is 10.2. The number of benzene rings is 4. The van der Waals surface area contributed by atoms with E-state index in [0.717, 1.165) is 37.8 Å². The lowest BCUT2D eigenvalue weighted by Crippen LogP contribution is -2.25. The van der Waals surface area contributed by atoms with Crippen molar-refractivity contribution in [1.29, 1.82) is 0 Å². The maximum atomic E-state index is 12.1. The zero-order chi connectivity index (χ0) is 22.2. The summed E-state index contributed by atoms with van der Waals surface area (Å²) in [6, 6.07) is 29.6. The molecule has 4 aromatic rings. The van der Waals surface area contributed by atoms with Crippen molar-refractivity contribution in [3.63, 3.8) is 0 Å². The maximum absolute atomic E-state index is 12.1. The van der Waals surface area contributed by atoms with Gasteiger partial charge in [0.05, 0.1) is 12.8 Å². The van der Waals surface area contributed by atoms with E-state index in [4.69, 9.17) is 4.74 Å². The largest absolute Gasteiger partial charge is 0.489 e. The molecular formula is C26H22BrN3O2. The van der Waals surface area contributed by atoms with Crippen LogP contribution in [0.2, 0.25) is 0 Å². The molecule has 0 saturated carbocycles. The van der Waals surface area contributed by atoms with Gasteiger partial charge in [0, 0.05) is 15.5 Å². The molecule has 32 heavy (non-hydrogen) atoms. The number of nitrogens with one attached hydrogen (secondary N) is 2. The summed E-state index contributed by atoms with van der Waals surface area (Å²) in [6.45, 7) is 0.634. The molecule has 0 aliphatic heterocycles. The van der Waals surface area contributed by atoms with E-state index in [1.54, 1.807) is 6.21 Å². The van der Waals surface area contributed by atoms with Crippen LogP contribution in [0, 0.1) is 0 Å². The highest BCUT2D eigenvalue weighted by atomic mass is 79.9. The van der Waals surface area contributed by atoms with Crippen molar-refractivity contribution in [1.82, 2.24) is 5.43 Å². The number of amides is 1. The Hall–Kier alpha value is -3.64. The summed E-state index contributed by atoms with van der Waals surface area (Å²) >= 11 is 3.42. The van der Waals surface area contributed by atoms with Gasteiger partial charge < -0.3 is 10.1 Å². The van der Waals surface area contributed by atoms with Crippen LogP contribution in [-0.2, 0) is 11.4 Å². The summed E-state index contributed by atoms with van der Waals surface area (Å²) < 4.78 is 6.84. The van der Waals surface area contributed by atoms with Gasteiger partial charge in [-0.15, -0.1) is 0 Å². The van der Waals surface area contributed by atoms with Crippen molar-refractivity contribution in [3.8, 4) is 5.75 Å². The Labute approximate surface area is 195 Å². The number of carbonyl (C=O) groups is 1. The molecule has 4 rings (SSSR count). The van der Waals surface area contributed by atoms with Gasteiger partial charge in [0.25, 0.3) is 5.91 Å². The van der Waals surface area contributed by atoms with Gasteiger partial charge in [-0.25, -0.2) is 5.43 Å². The van der Waals surface area contributed by atoms with Crippen LogP contribution in [0.5, 0.6) is 5.75 Å². The van der Waals surface area contributed by atoms with Crippen LogP contribution < -0.4 is 15.5 Å². The molecule has 0 saturated heterocycles. The van der Waals surface area contributed by atoms with Gasteiger partial charge >= 0.3 is 0 Å². The second kappa shape index (κ2) is 10.6. The second-order valence-electron chi connectivity index (χ2n) is 7.16. The molecule has 0 radical (unpaired) electrons. The van der Waals surface area contributed by atoms with Crippen molar-refractivity contribution in [2.75, 3.05) is 11.9 Å². The molecule has 5 nitrogen and oxygen atoms in total. The number of rotatable bonds is 8. The Bertz CT molecular complexity index is 1220. The minimum Gasteiger partial charge on any atom is -0.489 e. The fourth-order valence-electron chi connectivity index (χ4n) is 3.17. The smallest absolute Gasteiger partial charge is 0.259 e. The Morgan fingerprint density at radius 1 is 0.906 bits per heavy atom. The number of anilines is 1. The van der Waals surface area contributed by atoms with Gasteiger partial charge in [-0.1, -0.05) is 64.5 Å². The minimum atomic E-state index is -0.219. The van der Waals surface area contributed by atoms with E-state index in [2.05, 4.69) is 31.8 Å². The molecule has 1 amide bonds. The lowest BCUT2D eigenvalue weighted by molar-refractivity contribution is -0.119. The number of hydrazone groups is 1. The first-order chi connectivity index (χ1) is 15.7. The van der Waals surface area contributed by atoms with Crippen LogP contribution in [0.1, 0.15) is 11.1 Å². The van der Waals surface area contributed by atoms with E-state index in [9.17, 15) is 4.79 Å². The van der Waals surface area contributed by atoms with Gasteiger partial charge in [-0.05, 0) is 59.0 Å². The average Bonchev–Trinajstić information content (AvgIpc) is 2.83. The predicted octanol–water partition coefficient (Wildman–Crippen LogP) is 5.74. The van der Waals surface area contributed by atoms with Gasteiger partial charge in [0.2, 0.25) is 0 Å². The quantitative estimate of drug-likeness (QED) is 0.246. The van der Waals surface area contributed by atoms with Crippen molar-refractivity contribution in [2.24, 2.45) is 5.10 Å². The van der Waals surface area contributed by atoms with E-state index in [1.807, 2.05) is 91.0 Å². The second-order valence-corrected chi connectivity index (χ2v) is 8.07. The third-order valence-electron chi connectivity index (χ3n) is 4.83. The third kappa shape index (κ3) is 5.95. The molecular weight excluding hydrogens is 466 g/mol. The number of hydrogen-bond donors (Lipinski definition) is 2. The first-order valence-corrected chi connectivity index (χ1v) is 11.0. The third-order valence-corrected chi connectivity index (χ3v) is 5.36. The first kappa shape index (κ1) is 21.6. The Morgan fingerprint density at radius 3 is 2.47 bits per heavy atom. The molecule has 0 aliphatic carbocycles. The summed E-state index contributed by atoms with van der Waals surface area (Å²) in [5.74, 6) is 0.553. The number of fused-ring (bicyclic) bond motifs is 1. The molecule has 4 aromatic carbocycles.